The molecule has 0 aliphatic heterocycles. The number of aryl methyl sites for hydroxylation is 1. The largest absolute Gasteiger partial charge is 0.352 e. The second-order valence-electron chi connectivity index (χ2n) is 6.01. The number of carbonyl (C=O) groups is 1. The van der Waals surface area contributed by atoms with Crippen LogP contribution in [-0.2, 0) is 23.2 Å². The Balaban J connectivity index is 1.78. The van der Waals surface area contributed by atoms with Gasteiger partial charge in [0.25, 0.3) is 0 Å². The van der Waals surface area contributed by atoms with E-state index in [2.05, 4.69) is 41.4 Å². The summed E-state index contributed by atoms with van der Waals surface area (Å²) in [4.78, 5) is 20.5. The molecule has 2 aromatic rings. The number of amides is 1. The van der Waals surface area contributed by atoms with Crippen LogP contribution in [0.3, 0.4) is 0 Å². The zero-order chi connectivity index (χ0) is 15.3. The lowest BCUT2D eigenvalue weighted by Gasteiger charge is -2.14. The van der Waals surface area contributed by atoms with Crippen LogP contribution in [0.4, 0.5) is 0 Å². The van der Waals surface area contributed by atoms with Crippen molar-refractivity contribution >= 4 is 17.2 Å². The minimum absolute atomic E-state index is 0.0476. The minimum atomic E-state index is 0.0476. The van der Waals surface area contributed by atoms with Crippen molar-refractivity contribution in [1.29, 1.82) is 0 Å². The standard InChI is InChI=1S/C16H21N3OS/c1-16(2,3)13-11-21-15(19-13)7-6-14(20)18-10-12-5-4-8-17-9-12/h4-5,8-9,11H,6-7,10H2,1-3H3,(H,18,20). The van der Waals surface area contributed by atoms with Crippen LogP contribution in [0.1, 0.15) is 43.5 Å². The van der Waals surface area contributed by atoms with Crippen LogP contribution in [-0.4, -0.2) is 15.9 Å². The highest BCUT2D eigenvalue weighted by atomic mass is 32.1. The highest BCUT2D eigenvalue weighted by Crippen LogP contribution is 2.24. The molecule has 2 rings (SSSR count). The molecule has 0 saturated carbocycles. The Morgan fingerprint density at radius 1 is 1.38 bits per heavy atom. The number of nitrogens with zero attached hydrogens (tertiary/aromatic N) is 2. The van der Waals surface area contributed by atoms with E-state index in [-0.39, 0.29) is 11.3 Å². The van der Waals surface area contributed by atoms with Gasteiger partial charge in [-0.2, -0.15) is 0 Å². The number of hydrogen-bond acceptors (Lipinski definition) is 4. The fourth-order valence-corrected chi connectivity index (χ4v) is 2.81. The van der Waals surface area contributed by atoms with Crippen molar-refractivity contribution in [3.05, 3.63) is 46.2 Å². The number of pyridine rings is 1. The molecule has 5 heteroatoms. The molecule has 4 nitrogen and oxygen atoms in total. The average Bonchev–Trinajstić information content (AvgIpc) is 2.93. The van der Waals surface area contributed by atoms with Crippen LogP contribution < -0.4 is 5.32 Å². The molecule has 0 spiro atoms. The molecule has 21 heavy (non-hydrogen) atoms. The summed E-state index contributed by atoms with van der Waals surface area (Å²) < 4.78 is 0. The molecular formula is C16H21N3OS. The average molecular weight is 303 g/mol. The Bertz CT molecular complexity index is 587. The van der Waals surface area contributed by atoms with Gasteiger partial charge in [-0.05, 0) is 11.6 Å². The maximum atomic E-state index is 11.8. The van der Waals surface area contributed by atoms with E-state index in [0.29, 0.717) is 19.4 Å². The van der Waals surface area contributed by atoms with Gasteiger partial charge in [0.2, 0.25) is 5.91 Å². The van der Waals surface area contributed by atoms with E-state index < -0.39 is 0 Å². The predicted octanol–water partition coefficient (Wildman–Crippen LogP) is 3.08. The molecule has 0 aromatic carbocycles. The summed E-state index contributed by atoms with van der Waals surface area (Å²) in [6.07, 6.45) is 4.65. The maximum absolute atomic E-state index is 11.8. The summed E-state index contributed by atoms with van der Waals surface area (Å²) in [6, 6.07) is 3.81. The molecule has 0 radical (unpaired) electrons. The van der Waals surface area contributed by atoms with Crippen molar-refractivity contribution in [2.45, 2.75) is 45.6 Å². The first-order valence-corrected chi connectivity index (χ1v) is 7.93. The molecule has 0 unspecified atom stereocenters. The molecular weight excluding hydrogens is 282 g/mol. The van der Waals surface area contributed by atoms with Gasteiger partial charge in [0.15, 0.2) is 0 Å². The zero-order valence-corrected chi connectivity index (χ0v) is 13.5. The molecule has 1 N–H and O–H groups in total. The first-order valence-electron chi connectivity index (χ1n) is 7.05. The zero-order valence-electron chi connectivity index (χ0n) is 12.7. The summed E-state index contributed by atoms with van der Waals surface area (Å²) in [5.41, 5.74) is 2.17. The summed E-state index contributed by atoms with van der Waals surface area (Å²) in [5, 5.41) is 6.01. The van der Waals surface area contributed by atoms with Crippen molar-refractivity contribution in [2.75, 3.05) is 0 Å². The molecule has 1 amide bonds. The van der Waals surface area contributed by atoms with Crippen LogP contribution in [0, 0.1) is 0 Å². The quantitative estimate of drug-likeness (QED) is 0.923. The van der Waals surface area contributed by atoms with Crippen molar-refractivity contribution in [3.63, 3.8) is 0 Å². The van der Waals surface area contributed by atoms with Gasteiger partial charge in [-0.25, -0.2) is 4.98 Å². The molecule has 2 aromatic heterocycles. The number of rotatable bonds is 5. The summed E-state index contributed by atoms with van der Waals surface area (Å²) >= 11 is 1.63. The van der Waals surface area contributed by atoms with Gasteiger partial charge in [0.1, 0.15) is 0 Å². The fraction of sp³-hybridized carbons (Fsp3) is 0.438. The molecule has 0 bridgehead atoms. The molecule has 0 aliphatic rings. The number of nitrogens with one attached hydrogen (secondary N) is 1. The Hall–Kier alpha value is -1.75. The van der Waals surface area contributed by atoms with Crippen LogP contribution in [0.2, 0.25) is 0 Å². The maximum Gasteiger partial charge on any atom is 0.220 e. The van der Waals surface area contributed by atoms with Gasteiger partial charge in [-0.3, -0.25) is 9.78 Å². The second kappa shape index (κ2) is 6.80. The molecule has 0 atom stereocenters. The van der Waals surface area contributed by atoms with Gasteiger partial charge in [0, 0.05) is 42.6 Å². The third-order valence-electron chi connectivity index (χ3n) is 3.10. The lowest BCUT2D eigenvalue weighted by atomic mass is 9.93. The highest BCUT2D eigenvalue weighted by molar-refractivity contribution is 7.09. The van der Waals surface area contributed by atoms with E-state index in [4.69, 9.17) is 0 Å². The topological polar surface area (TPSA) is 54.9 Å². The Morgan fingerprint density at radius 3 is 2.81 bits per heavy atom. The van der Waals surface area contributed by atoms with E-state index in [1.807, 2.05) is 12.1 Å². The first kappa shape index (κ1) is 15.6. The monoisotopic (exact) mass is 303 g/mol. The molecule has 2 heterocycles. The van der Waals surface area contributed by atoms with Gasteiger partial charge in [-0.15, -0.1) is 11.3 Å². The molecule has 0 saturated heterocycles. The van der Waals surface area contributed by atoms with Crippen LogP contribution >= 0.6 is 11.3 Å². The van der Waals surface area contributed by atoms with Gasteiger partial charge >= 0.3 is 0 Å². The van der Waals surface area contributed by atoms with Crippen molar-refractivity contribution in [1.82, 2.24) is 15.3 Å². The Labute approximate surface area is 129 Å². The van der Waals surface area contributed by atoms with Gasteiger partial charge in [0.05, 0.1) is 10.7 Å². The number of aromatic nitrogens is 2. The van der Waals surface area contributed by atoms with E-state index in [0.717, 1.165) is 16.3 Å². The fourth-order valence-electron chi connectivity index (χ4n) is 1.78. The van der Waals surface area contributed by atoms with E-state index in [1.54, 1.807) is 23.7 Å². The summed E-state index contributed by atoms with van der Waals surface area (Å²) in [7, 11) is 0. The number of thiazole rings is 1. The van der Waals surface area contributed by atoms with Gasteiger partial charge in [-0.1, -0.05) is 26.8 Å². The SMILES string of the molecule is CC(C)(C)c1csc(CCC(=O)NCc2cccnc2)n1. The lowest BCUT2D eigenvalue weighted by Crippen LogP contribution is -2.23. The van der Waals surface area contributed by atoms with E-state index in [9.17, 15) is 4.79 Å². The van der Waals surface area contributed by atoms with Crippen molar-refractivity contribution in [3.8, 4) is 0 Å². The first-order chi connectivity index (χ1) is 9.95. The Morgan fingerprint density at radius 2 is 2.19 bits per heavy atom. The normalized spacial score (nSPS) is 11.4. The highest BCUT2D eigenvalue weighted by Gasteiger charge is 2.17. The minimum Gasteiger partial charge on any atom is -0.352 e. The van der Waals surface area contributed by atoms with Crippen molar-refractivity contribution in [2.24, 2.45) is 0 Å². The summed E-state index contributed by atoms with van der Waals surface area (Å²) in [6.45, 7) is 6.96. The van der Waals surface area contributed by atoms with E-state index >= 15 is 0 Å². The third-order valence-corrected chi connectivity index (χ3v) is 4.01. The molecule has 0 fully saturated rings. The van der Waals surface area contributed by atoms with Crippen LogP contribution in [0.25, 0.3) is 0 Å². The Kier molecular flexibility index (Phi) is 5.07. The smallest absolute Gasteiger partial charge is 0.220 e. The predicted molar refractivity (Wildman–Crippen MR) is 85.2 cm³/mol. The second-order valence-corrected chi connectivity index (χ2v) is 6.96. The summed E-state index contributed by atoms with van der Waals surface area (Å²) in [5.74, 6) is 0.0476. The van der Waals surface area contributed by atoms with Crippen LogP contribution in [0.15, 0.2) is 29.9 Å². The van der Waals surface area contributed by atoms with Crippen molar-refractivity contribution < 1.29 is 4.79 Å². The third kappa shape index (κ3) is 4.93. The molecule has 0 aliphatic carbocycles. The van der Waals surface area contributed by atoms with Crippen LogP contribution in [0.5, 0.6) is 0 Å². The van der Waals surface area contributed by atoms with E-state index in [1.165, 1.54) is 0 Å². The molecule has 112 valence electrons. The van der Waals surface area contributed by atoms with Gasteiger partial charge < -0.3 is 5.32 Å². The number of carbonyl (C=O) groups excluding carboxylic acids is 1. The lowest BCUT2D eigenvalue weighted by molar-refractivity contribution is -0.121. The number of hydrogen-bond donors (Lipinski definition) is 1.